The van der Waals surface area contributed by atoms with Gasteiger partial charge in [0.2, 0.25) is 0 Å². The van der Waals surface area contributed by atoms with Crippen molar-refractivity contribution in [3.8, 4) is 0 Å². The van der Waals surface area contributed by atoms with E-state index in [2.05, 4.69) is 0 Å². The van der Waals surface area contributed by atoms with E-state index < -0.39 is 17.7 Å². The number of rotatable bonds is 2. The summed E-state index contributed by atoms with van der Waals surface area (Å²) in [7, 11) is 0. The molecule has 0 aliphatic rings. The Morgan fingerprint density at radius 1 is 1.00 bits per heavy atom. The minimum absolute atomic E-state index is 0.0407. The molecule has 0 bridgehead atoms. The smallest absolute Gasteiger partial charge is 0.160 e. The molecule has 0 aromatic heterocycles. The first-order valence-electron chi connectivity index (χ1n) is 5.17. The van der Waals surface area contributed by atoms with E-state index >= 15 is 0 Å². The van der Waals surface area contributed by atoms with Gasteiger partial charge in [-0.1, -0.05) is 29.3 Å². The maximum absolute atomic E-state index is 13.2. The second-order valence-electron chi connectivity index (χ2n) is 3.86. The molecular formula is C13H7Cl2F2IO. The number of hydrogen-bond donors (Lipinski definition) is 1. The summed E-state index contributed by atoms with van der Waals surface area (Å²) < 4.78 is 27.0. The molecule has 0 saturated heterocycles. The molecule has 0 aliphatic heterocycles. The molecule has 1 N–H and O–H groups in total. The molecule has 0 aliphatic carbocycles. The highest BCUT2D eigenvalue weighted by Crippen LogP contribution is 2.32. The Hall–Kier alpha value is -0.430. The second kappa shape index (κ2) is 5.91. The van der Waals surface area contributed by atoms with Crippen LogP contribution in [0.2, 0.25) is 10.0 Å². The summed E-state index contributed by atoms with van der Waals surface area (Å²) in [6.45, 7) is 0. The van der Waals surface area contributed by atoms with E-state index in [0.29, 0.717) is 10.6 Å². The summed E-state index contributed by atoms with van der Waals surface area (Å²) in [6.07, 6.45) is -1.17. The van der Waals surface area contributed by atoms with Crippen LogP contribution in [0.15, 0.2) is 30.3 Å². The van der Waals surface area contributed by atoms with Crippen LogP contribution in [0.25, 0.3) is 0 Å². The molecule has 19 heavy (non-hydrogen) atoms. The number of benzene rings is 2. The van der Waals surface area contributed by atoms with Crippen molar-refractivity contribution in [3.63, 3.8) is 0 Å². The fourth-order valence-corrected chi connectivity index (χ4v) is 2.39. The fourth-order valence-electron chi connectivity index (χ4n) is 1.61. The van der Waals surface area contributed by atoms with Crippen LogP contribution in [0.4, 0.5) is 8.78 Å². The zero-order valence-electron chi connectivity index (χ0n) is 9.30. The standard InChI is InChI=1S/C13H7Cl2F2IO/c14-8-5-11(17)10(16)4-7(8)13(19)6-1-2-12(18)9(15)3-6/h1-5,13,19H. The fraction of sp³-hybridized carbons (Fsp3) is 0.0769. The molecular weight excluding hydrogens is 408 g/mol. The van der Waals surface area contributed by atoms with E-state index in [1.54, 1.807) is 18.2 Å². The normalized spacial score (nSPS) is 12.5. The molecule has 0 fully saturated rings. The van der Waals surface area contributed by atoms with Crippen molar-refractivity contribution < 1.29 is 13.9 Å². The van der Waals surface area contributed by atoms with Crippen molar-refractivity contribution in [2.24, 2.45) is 0 Å². The predicted molar refractivity (Wildman–Crippen MR) is 79.6 cm³/mol. The third kappa shape index (κ3) is 3.18. The van der Waals surface area contributed by atoms with Crippen molar-refractivity contribution >= 4 is 45.8 Å². The third-order valence-corrected chi connectivity index (χ3v) is 4.49. The highest BCUT2D eigenvalue weighted by molar-refractivity contribution is 14.1. The van der Waals surface area contributed by atoms with Crippen LogP contribution in [0, 0.1) is 15.2 Å². The van der Waals surface area contributed by atoms with Gasteiger partial charge in [-0.3, -0.25) is 0 Å². The Morgan fingerprint density at radius 2 is 1.63 bits per heavy atom. The van der Waals surface area contributed by atoms with Gasteiger partial charge in [-0.2, -0.15) is 0 Å². The van der Waals surface area contributed by atoms with E-state index in [0.717, 1.165) is 15.7 Å². The molecule has 6 heteroatoms. The lowest BCUT2D eigenvalue weighted by Gasteiger charge is -2.14. The van der Waals surface area contributed by atoms with E-state index in [-0.39, 0.29) is 10.6 Å². The Bertz CT molecular complexity index is 634. The van der Waals surface area contributed by atoms with Crippen molar-refractivity contribution in [1.29, 1.82) is 0 Å². The first kappa shape index (κ1) is 15.0. The predicted octanol–water partition coefficient (Wildman–Crippen LogP) is 4.96. The van der Waals surface area contributed by atoms with E-state index in [4.69, 9.17) is 23.2 Å². The second-order valence-corrected chi connectivity index (χ2v) is 5.84. The molecule has 100 valence electrons. The lowest BCUT2D eigenvalue weighted by Crippen LogP contribution is -2.02. The first-order valence-corrected chi connectivity index (χ1v) is 7.01. The lowest BCUT2D eigenvalue weighted by atomic mass is 10.0. The van der Waals surface area contributed by atoms with Crippen molar-refractivity contribution in [1.82, 2.24) is 0 Å². The summed E-state index contributed by atoms with van der Waals surface area (Å²) in [5, 5.41) is 10.6. The summed E-state index contributed by atoms with van der Waals surface area (Å²) in [5.74, 6) is -2.11. The Kier molecular flexibility index (Phi) is 4.66. The van der Waals surface area contributed by atoms with Crippen molar-refractivity contribution in [2.75, 3.05) is 0 Å². The monoisotopic (exact) mass is 414 g/mol. The summed E-state index contributed by atoms with van der Waals surface area (Å²) in [4.78, 5) is 0. The Morgan fingerprint density at radius 3 is 2.26 bits per heavy atom. The highest BCUT2D eigenvalue weighted by Gasteiger charge is 2.18. The van der Waals surface area contributed by atoms with E-state index in [1.165, 1.54) is 0 Å². The maximum atomic E-state index is 13.2. The highest BCUT2D eigenvalue weighted by atomic mass is 127. The van der Waals surface area contributed by atoms with Gasteiger partial charge in [0, 0.05) is 14.2 Å². The maximum Gasteiger partial charge on any atom is 0.160 e. The minimum Gasteiger partial charge on any atom is -0.384 e. The molecule has 0 heterocycles. The Labute approximate surface area is 132 Å². The van der Waals surface area contributed by atoms with Crippen LogP contribution in [-0.2, 0) is 0 Å². The topological polar surface area (TPSA) is 20.2 Å². The number of aliphatic hydroxyl groups is 1. The van der Waals surface area contributed by atoms with Crippen LogP contribution in [0.1, 0.15) is 17.2 Å². The first-order chi connectivity index (χ1) is 8.90. The zero-order valence-corrected chi connectivity index (χ0v) is 13.0. The molecule has 0 amide bonds. The SMILES string of the molecule is OC(c1ccc(I)c(Cl)c1)c1cc(F)c(F)cc1Cl. The van der Waals surface area contributed by atoms with Gasteiger partial charge in [-0.15, -0.1) is 0 Å². The largest absolute Gasteiger partial charge is 0.384 e. The zero-order chi connectivity index (χ0) is 14.2. The van der Waals surface area contributed by atoms with Gasteiger partial charge in [-0.05, 0) is 52.4 Å². The lowest BCUT2D eigenvalue weighted by molar-refractivity contribution is 0.219. The van der Waals surface area contributed by atoms with Crippen LogP contribution in [-0.4, -0.2) is 5.11 Å². The number of hydrogen-bond acceptors (Lipinski definition) is 1. The molecule has 0 saturated carbocycles. The molecule has 2 aromatic carbocycles. The van der Waals surface area contributed by atoms with Crippen LogP contribution in [0.5, 0.6) is 0 Å². The average molecular weight is 415 g/mol. The van der Waals surface area contributed by atoms with Crippen LogP contribution >= 0.6 is 45.8 Å². The van der Waals surface area contributed by atoms with Crippen molar-refractivity contribution in [3.05, 3.63) is 66.7 Å². The van der Waals surface area contributed by atoms with Gasteiger partial charge < -0.3 is 5.11 Å². The summed E-state index contributed by atoms with van der Waals surface area (Å²) in [6, 6.07) is 6.65. The van der Waals surface area contributed by atoms with Gasteiger partial charge in [0.1, 0.15) is 6.10 Å². The van der Waals surface area contributed by atoms with Gasteiger partial charge in [0.15, 0.2) is 11.6 Å². The summed E-state index contributed by atoms with van der Waals surface area (Å²) >= 11 is 13.8. The molecule has 0 radical (unpaired) electrons. The van der Waals surface area contributed by atoms with Gasteiger partial charge in [-0.25, -0.2) is 8.78 Å². The van der Waals surface area contributed by atoms with Gasteiger partial charge in [0.25, 0.3) is 0 Å². The van der Waals surface area contributed by atoms with Crippen molar-refractivity contribution in [2.45, 2.75) is 6.10 Å². The average Bonchev–Trinajstić information content (AvgIpc) is 2.36. The summed E-state index contributed by atoms with van der Waals surface area (Å²) in [5.41, 5.74) is 0.552. The Balaban J connectivity index is 2.46. The molecule has 1 nitrogen and oxygen atoms in total. The molecule has 2 rings (SSSR count). The van der Waals surface area contributed by atoms with E-state index in [9.17, 15) is 13.9 Å². The quantitative estimate of drug-likeness (QED) is 0.544. The number of halogens is 5. The van der Waals surface area contributed by atoms with Crippen LogP contribution in [0.3, 0.4) is 0 Å². The molecule has 0 spiro atoms. The number of aliphatic hydroxyl groups excluding tert-OH is 1. The van der Waals surface area contributed by atoms with Crippen LogP contribution < -0.4 is 0 Å². The minimum atomic E-state index is -1.17. The van der Waals surface area contributed by atoms with Gasteiger partial charge in [0.05, 0.1) is 5.02 Å². The molecule has 2 aromatic rings. The van der Waals surface area contributed by atoms with E-state index in [1.807, 2.05) is 22.6 Å². The third-order valence-electron chi connectivity index (χ3n) is 2.59. The van der Waals surface area contributed by atoms with Gasteiger partial charge >= 0.3 is 0 Å². The molecule has 1 unspecified atom stereocenters. The molecule has 1 atom stereocenters.